The molecule has 0 aliphatic carbocycles. The molecule has 100 valence electrons. The minimum atomic E-state index is -0.531. The normalized spacial score (nSPS) is 14.4. The Balaban J connectivity index is 1.81. The van der Waals surface area contributed by atoms with Crippen molar-refractivity contribution in [2.75, 3.05) is 25.0 Å². The van der Waals surface area contributed by atoms with Gasteiger partial charge in [0.05, 0.1) is 4.92 Å². The summed E-state index contributed by atoms with van der Waals surface area (Å²) in [5, 5.41) is 15.5. The van der Waals surface area contributed by atoms with Crippen LogP contribution < -0.4 is 10.6 Å². The number of hydrogen-bond donors (Lipinski definition) is 2. The van der Waals surface area contributed by atoms with Crippen LogP contribution >= 0.6 is 0 Å². The zero-order chi connectivity index (χ0) is 13.8. The van der Waals surface area contributed by atoms with Crippen molar-refractivity contribution in [1.29, 1.82) is 0 Å². The van der Waals surface area contributed by atoms with Gasteiger partial charge in [-0.2, -0.15) is 0 Å². The van der Waals surface area contributed by atoms with E-state index in [0.717, 1.165) is 6.20 Å². The van der Waals surface area contributed by atoms with Crippen LogP contribution in [0.25, 0.3) is 0 Å². The first-order valence-electron chi connectivity index (χ1n) is 5.49. The summed E-state index contributed by atoms with van der Waals surface area (Å²) >= 11 is 0. The van der Waals surface area contributed by atoms with Gasteiger partial charge in [0.1, 0.15) is 18.6 Å². The first-order valence-corrected chi connectivity index (χ1v) is 5.49. The van der Waals surface area contributed by atoms with Crippen molar-refractivity contribution >= 4 is 23.4 Å². The molecule has 1 aromatic heterocycles. The highest BCUT2D eigenvalue weighted by molar-refractivity contribution is 6.01. The Bertz CT molecular complexity index is 515. The van der Waals surface area contributed by atoms with Crippen LogP contribution in [-0.4, -0.2) is 46.4 Å². The van der Waals surface area contributed by atoms with Gasteiger partial charge in [-0.25, -0.2) is 9.78 Å². The summed E-state index contributed by atoms with van der Waals surface area (Å²) in [4.78, 5) is 37.3. The van der Waals surface area contributed by atoms with Crippen LogP contribution in [-0.2, 0) is 4.79 Å². The summed E-state index contributed by atoms with van der Waals surface area (Å²) in [5.41, 5.74) is -0.0879. The Morgan fingerprint density at radius 2 is 2.26 bits per heavy atom. The third-order valence-corrected chi connectivity index (χ3v) is 2.51. The predicted octanol–water partition coefficient (Wildman–Crippen LogP) is -0.0465. The summed E-state index contributed by atoms with van der Waals surface area (Å²) in [6.07, 6.45) is 1.15. The molecule has 0 aromatic carbocycles. The first kappa shape index (κ1) is 12.7. The van der Waals surface area contributed by atoms with E-state index in [1.54, 1.807) is 0 Å². The summed E-state index contributed by atoms with van der Waals surface area (Å²) in [5.74, 6) is 0.148. The number of pyridine rings is 1. The van der Waals surface area contributed by atoms with E-state index in [1.807, 2.05) is 0 Å². The number of nitro groups is 1. The van der Waals surface area contributed by atoms with Gasteiger partial charge in [0, 0.05) is 19.2 Å². The molecule has 0 radical (unpaired) electrons. The van der Waals surface area contributed by atoms with Gasteiger partial charge in [-0.3, -0.25) is 20.2 Å². The molecule has 0 unspecified atom stereocenters. The summed E-state index contributed by atoms with van der Waals surface area (Å²) < 4.78 is 0. The van der Waals surface area contributed by atoms with E-state index in [0.29, 0.717) is 18.9 Å². The molecule has 1 fully saturated rings. The lowest BCUT2D eigenvalue weighted by Crippen LogP contribution is -2.32. The number of rotatable bonds is 5. The molecule has 1 saturated heterocycles. The van der Waals surface area contributed by atoms with E-state index in [-0.39, 0.29) is 18.1 Å². The third-order valence-electron chi connectivity index (χ3n) is 2.51. The van der Waals surface area contributed by atoms with Crippen molar-refractivity contribution in [1.82, 2.24) is 15.2 Å². The fourth-order valence-corrected chi connectivity index (χ4v) is 1.58. The molecule has 1 aliphatic heterocycles. The van der Waals surface area contributed by atoms with Crippen LogP contribution in [0, 0.1) is 10.1 Å². The molecule has 0 atom stereocenters. The Hall–Kier alpha value is -2.71. The Kier molecular flexibility index (Phi) is 3.55. The molecular weight excluding hydrogens is 254 g/mol. The van der Waals surface area contributed by atoms with Crippen molar-refractivity contribution in [3.63, 3.8) is 0 Å². The maximum atomic E-state index is 11.2. The molecule has 0 bridgehead atoms. The Labute approximate surface area is 107 Å². The number of nitrogens with one attached hydrogen (secondary N) is 2. The fraction of sp³-hybridized carbons (Fsp3) is 0.300. The van der Waals surface area contributed by atoms with Crippen molar-refractivity contribution in [2.24, 2.45) is 0 Å². The topological polar surface area (TPSA) is 117 Å². The number of imide groups is 1. The average molecular weight is 265 g/mol. The van der Waals surface area contributed by atoms with Gasteiger partial charge < -0.3 is 10.2 Å². The number of aromatic nitrogens is 1. The molecule has 19 heavy (non-hydrogen) atoms. The standard InChI is InChI=1S/C10H11N5O4/c16-9-6-14(10(17)13-9)4-3-11-8-2-1-7(5-12-8)15(18)19/h1-2,5H,3-4,6H2,(H,11,12)(H,13,16,17). The van der Waals surface area contributed by atoms with E-state index in [1.165, 1.54) is 17.0 Å². The van der Waals surface area contributed by atoms with E-state index in [4.69, 9.17) is 0 Å². The van der Waals surface area contributed by atoms with Gasteiger partial charge in [0.2, 0.25) is 5.91 Å². The highest BCUT2D eigenvalue weighted by atomic mass is 16.6. The minimum absolute atomic E-state index is 0.0498. The Morgan fingerprint density at radius 1 is 1.47 bits per heavy atom. The van der Waals surface area contributed by atoms with Crippen LogP contribution in [0.3, 0.4) is 0 Å². The third kappa shape index (κ3) is 3.15. The lowest BCUT2D eigenvalue weighted by molar-refractivity contribution is -0.385. The largest absolute Gasteiger partial charge is 0.368 e. The molecule has 3 amide bonds. The van der Waals surface area contributed by atoms with Gasteiger partial charge in [-0.15, -0.1) is 0 Å². The molecule has 9 nitrogen and oxygen atoms in total. The Morgan fingerprint density at radius 3 is 2.79 bits per heavy atom. The van der Waals surface area contributed by atoms with Gasteiger partial charge in [0.25, 0.3) is 5.69 Å². The number of nitrogens with zero attached hydrogens (tertiary/aromatic N) is 3. The van der Waals surface area contributed by atoms with Crippen LogP contribution in [0.1, 0.15) is 0 Å². The maximum Gasteiger partial charge on any atom is 0.324 e. The van der Waals surface area contributed by atoms with E-state index in [9.17, 15) is 19.7 Å². The van der Waals surface area contributed by atoms with Gasteiger partial charge >= 0.3 is 6.03 Å². The molecule has 9 heteroatoms. The van der Waals surface area contributed by atoms with Crippen LogP contribution in [0.4, 0.5) is 16.3 Å². The molecule has 1 aromatic rings. The molecule has 2 heterocycles. The quantitative estimate of drug-likeness (QED) is 0.438. The molecule has 0 spiro atoms. The second-order valence-corrected chi connectivity index (χ2v) is 3.86. The number of amides is 3. The predicted molar refractivity (Wildman–Crippen MR) is 64.5 cm³/mol. The van der Waals surface area contributed by atoms with E-state index < -0.39 is 11.0 Å². The molecular formula is C10H11N5O4. The van der Waals surface area contributed by atoms with Crippen LogP contribution in [0.2, 0.25) is 0 Å². The van der Waals surface area contributed by atoms with Crippen molar-refractivity contribution in [2.45, 2.75) is 0 Å². The number of anilines is 1. The molecule has 1 aliphatic rings. The number of carbonyl (C=O) groups is 2. The second-order valence-electron chi connectivity index (χ2n) is 3.86. The van der Waals surface area contributed by atoms with Crippen molar-refractivity contribution in [3.8, 4) is 0 Å². The fourth-order valence-electron chi connectivity index (χ4n) is 1.58. The maximum absolute atomic E-state index is 11.2. The highest BCUT2D eigenvalue weighted by Gasteiger charge is 2.25. The molecule has 2 N–H and O–H groups in total. The summed E-state index contributed by atoms with van der Waals surface area (Å²) in [6, 6.07) is 2.40. The van der Waals surface area contributed by atoms with Crippen LogP contribution in [0.5, 0.6) is 0 Å². The minimum Gasteiger partial charge on any atom is -0.368 e. The molecule has 2 rings (SSSR count). The lowest BCUT2D eigenvalue weighted by atomic mass is 10.4. The van der Waals surface area contributed by atoms with Crippen molar-refractivity contribution in [3.05, 3.63) is 28.4 Å². The first-order chi connectivity index (χ1) is 9.06. The zero-order valence-corrected chi connectivity index (χ0v) is 9.83. The van der Waals surface area contributed by atoms with Crippen LogP contribution in [0.15, 0.2) is 18.3 Å². The number of urea groups is 1. The highest BCUT2D eigenvalue weighted by Crippen LogP contribution is 2.11. The summed E-state index contributed by atoms with van der Waals surface area (Å²) in [6.45, 7) is 0.788. The number of carbonyl (C=O) groups excluding carboxylic acids is 2. The molecule has 0 saturated carbocycles. The zero-order valence-electron chi connectivity index (χ0n) is 9.83. The smallest absolute Gasteiger partial charge is 0.324 e. The van der Waals surface area contributed by atoms with Gasteiger partial charge in [-0.1, -0.05) is 0 Å². The van der Waals surface area contributed by atoms with Crippen molar-refractivity contribution < 1.29 is 14.5 Å². The SMILES string of the molecule is O=C1CN(CCNc2ccc([N+](=O)[O-])cn2)C(=O)N1. The summed E-state index contributed by atoms with van der Waals surface area (Å²) in [7, 11) is 0. The van der Waals surface area contributed by atoms with E-state index in [2.05, 4.69) is 15.6 Å². The lowest BCUT2D eigenvalue weighted by Gasteiger charge is -2.13. The monoisotopic (exact) mass is 265 g/mol. The second kappa shape index (κ2) is 5.29. The van der Waals surface area contributed by atoms with E-state index >= 15 is 0 Å². The number of hydrogen-bond acceptors (Lipinski definition) is 6. The van der Waals surface area contributed by atoms with Gasteiger partial charge in [0.15, 0.2) is 0 Å². The van der Waals surface area contributed by atoms with Gasteiger partial charge in [-0.05, 0) is 6.07 Å². The average Bonchev–Trinajstić information content (AvgIpc) is 2.68.